The highest BCUT2D eigenvalue weighted by Gasteiger charge is 2.28. The molecule has 3 rings (SSSR count). The minimum absolute atomic E-state index is 0.106. The first-order chi connectivity index (χ1) is 12.5. The summed E-state index contributed by atoms with van der Waals surface area (Å²) >= 11 is 1.45. The van der Waals surface area contributed by atoms with Crippen LogP contribution in [0.3, 0.4) is 0 Å². The van der Waals surface area contributed by atoms with Crippen molar-refractivity contribution in [1.82, 2.24) is 4.98 Å². The number of rotatable bonds is 5. The average Bonchev–Trinajstić information content (AvgIpc) is 3.03. The predicted octanol–water partition coefficient (Wildman–Crippen LogP) is 3.13. The number of aryl methyl sites for hydroxylation is 1. The number of nitrogens with one attached hydrogen (secondary N) is 1. The van der Waals surface area contributed by atoms with Crippen molar-refractivity contribution in [1.29, 1.82) is 0 Å². The van der Waals surface area contributed by atoms with Gasteiger partial charge in [0.2, 0.25) is 0 Å². The summed E-state index contributed by atoms with van der Waals surface area (Å²) in [5, 5.41) is 3.46. The Morgan fingerprint density at radius 1 is 1.31 bits per heavy atom. The van der Waals surface area contributed by atoms with Crippen molar-refractivity contribution in [2.45, 2.75) is 26.2 Å². The predicted molar refractivity (Wildman–Crippen MR) is 103 cm³/mol. The van der Waals surface area contributed by atoms with Gasteiger partial charge in [0.25, 0.3) is 5.91 Å². The van der Waals surface area contributed by atoms with Gasteiger partial charge in [-0.3, -0.25) is 14.9 Å². The molecule has 7 heteroatoms. The molecule has 1 aliphatic carbocycles. The zero-order valence-electron chi connectivity index (χ0n) is 15.2. The monoisotopic (exact) mass is 373 g/mol. The molecule has 1 heterocycles. The third-order valence-electron chi connectivity index (χ3n) is 4.43. The molecule has 26 heavy (non-hydrogen) atoms. The number of carbonyl (C=O) groups excluding carboxylic acids is 2. The maximum atomic E-state index is 12.4. The third-order valence-corrected chi connectivity index (χ3v) is 5.46. The molecule has 1 aromatic carbocycles. The molecule has 138 valence electrons. The van der Waals surface area contributed by atoms with E-state index in [1.54, 1.807) is 12.1 Å². The van der Waals surface area contributed by atoms with Crippen molar-refractivity contribution in [2.24, 2.45) is 5.92 Å². The SMILES string of the molecule is CCOC(=O)C1CCc2nc(NC(=O)c3ccc(N(C)C)cc3)sc2C1. The van der Waals surface area contributed by atoms with E-state index in [2.05, 4.69) is 10.3 Å². The topological polar surface area (TPSA) is 71.5 Å². The van der Waals surface area contributed by atoms with Gasteiger partial charge in [-0.2, -0.15) is 0 Å². The first kappa shape index (κ1) is 18.4. The van der Waals surface area contributed by atoms with E-state index < -0.39 is 0 Å². The molecule has 0 bridgehead atoms. The van der Waals surface area contributed by atoms with Crippen molar-refractivity contribution in [3.63, 3.8) is 0 Å². The summed E-state index contributed by atoms with van der Waals surface area (Å²) < 4.78 is 5.12. The van der Waals surface area contributed by atoms with Gasteiger partial charge in [0.15, 0.2) is 5.13 Å². The van der Waals surface area contributed by atoms with Gasteiger partial charge < -0.3 is 9.64 Å². The molecule has 1 atom stereocenters. The molecule has 1 aliphatic rings. The van der Waals surface area contributed by atoms with Crippen molar-refractivity contribution in [3.8, 4) is 0 Å². The van der Waals surface area contributed by atoms with E-state index in [1.807, 2.05) is 38.1 Å². The van der Waals surface area contributed by atoms with Crippen LogP contribution < -0.4 is 10.2 Å². The van der Waals surface area contributed by atoms with Crippen LogP contribution in [0.15, 0.2) is 24.3 Å². The van der Waals surface area contributed by atoms with E-state index in [0.29, 0.717) is 23.7 Å². The summed E-state index contributed by atoms with van der Waals surface area (Å²) in [6.45, 7) is 2.22. The van der Waals surface area contributed by atoms with E-state index >= 15 is 0 Å². The number of benzene rings is 1. The van der Waals surface area contributed by atoms with E-state index in [4.69, 9.17) is 4.74 Å². The molecule has 1 unspecified atom stereocenters. The van der Waals surface area contributed by atoms with Crippen LogP contribution in [0.2, 0.25) is 0 Å². The highest BCUT2D eigenvalue weighted by molar-refractivity contribution is 7.15. The number of aromatic nitrogens is 1. The summed E-state index contributed by atoms with van der Waals surface area (Å²) in [6.07, 6.45) is 2.12. The summed E-state index contributed by atoms with van der Waals surface area (Å²) in [4.78, 5) is 31.9. The molecule has 0 fully saturated rings. The Balaban J connectivity index is 1.66. The fraction of sp³-hybridized carbons (Fsp3) is 0.421. The first-order valence-corrected chi connectivity index (χ1v) is 9.53. The zero-order chi connectivity index (χ0) is 18.7. The number of nitrogens with zero attached hydrogens (tertiary/aromatic N) is 2. The lowest BCUT2D eigenvalue weighted by atomic mass is 9.91. The Hall–Kier alpha value is -2.41. The fourth-order valence-corrected chi connectivity index (χ4v) is 4.05. The Morgan fingerprint density at radius 3 is 2.69 bits per heavy atom. The van der Waals surface area contributed by atoms with Gasteiger partial charge in [-0.15, -0.1) is 11.3 Å². The van der Waals surface area contributed by atoms with Crippen LogP contribution in [0.25, 0.3) is 0 Å². The number of carbonyl (C=O) groups is 2. The van der Waals surface area contributed by atoms with E-state index in [-0.39, 0.29) is 17.8 Å². The number of hydrogen-bond donors (Lipinski definition) is 1. The van der Waals surface area contributed by atoms with E-state index in [1.165, 1.54) is 11.3 Å². The molecule has 0 saturated carbocycles. The lowest BCUT2D eigenvalue weighted by molar-refractivity contribution is -0.148. The average molecular weight is 373 g/mol. The van der Waals surface area contributed by atoms with Crippen LogP contribution in [0, 0.1) is 5.92 Å². The summed E-state index contributed by atoms with van der Waals surface area (Å²) in [6, 6.07) is 7.42. The Kier molecular flexibility index (Phi) is 5.56. The van der Waals surface area contributed by atoms with Crippen LogP contribution in [-0.2, 0) is 22.4 Å². The summed E-state index contributed by atoms with van der Waals surface area (Å²) in [5.41, 5.74) is 2.61. The Morgan fingerprint density at radius 2 is 2.04 bits per heavy atom. The van der Waals surface area contributed by atoms with E-state index in [9.17, 15) is 9.59 Å². The zero-order valence-corrected chi connectivity index (χ0v) is 16.1. The van der Waals surface area contributed by atoms with Gasteiger partial charge in [-0.25, -0.2) is 4.98 Å². The van der Waals surface area contributed by atoms with Crippen molar-refractivity contribution in [2.75, 3.05) is 30.9 Å². The molecular formula is C19H23N3O3S. The molecule has 1 aromatic heterocycles. The van der Waals surface area contributed by atoms with Gasteiger partial charge in [0, 0.05) is 30.2 Å². The second-order valence-corrected chi connectivity index (χ2v) is 7.56. The molecule has 1 N–H and O–H groups in total. The van der Waals surface area contributed by atoms with Crippen LogP contribution in [0.1, 0.15) is 34.3 Å². The first-order valence-electron chi connectivity index (χ1n) is 8.72. The van der Waals surface area contributed by atoms with Crippen LogP contribution in [0.5, 0.6) is 0 Å². The number of esters is 1. The van der Waals surface area contributed by atoms with Gasteiger partial charge in [-0.05, 0) is 50.5 Å². The van der Waals surface area contributed by atoms with Gasteiger partial charge in [-0.1, -0.05) is 0 Å². The number of hydrogen-bond acceptors (Lipinski definition) is 6. The summed E-state index contributed by atoms with van der Waals surface area (Å²) in [5.74, 6) is -0.425. The molecular weight excluding hydrogens is 350 g/mol. The second kappa shape index (κ2) is 7.86. The fourth-order valence-electron chi connectivity index (χ4n) is 2.97. The largest absolute Gasteiger partial charge is 0.466 e. The molecule has 0 saturated heterocycles. The molecule has 0 spiro atoms. The minimum atomic E-state index is -0.177. The molecule has 0 radical (unpaired) electrons. The minimum Gasteiger partial charge on any atom is -0.466 e. The number of anilines is 2. The highest BCUT2D eigenvalue weighted by atomic mass is 32.1. The number of ether oxygens (including phenoxy) is 1. The van der Waals surface area contributed by atoms with E-state index in [0.717, 1.165) is 29.1 Å². The Bertz CT molecular complexity index is 799. The van der Waals surface area contributed by atoms with Crippen molar-refractivity contribution in [3.05, 3.63) is 40.4 Å². The molecule has 2 aromatic rings. The number of amides is 1. The standard InChI is InChI=1S/C19H23N3O3S/c1-4-25-18(24)13-7-10-15-16(11-13)26-19(20-15)21-17(23)12-5-8-14(9-6-12)22(2)3/h5-6,8-9,13H,4,7,10-11H2,1-3H3,(H,20,21,23). The van der Waals surface area contributed by atoms with Crippen LogP contribution in [0.4, 0.5) is 10.8 Å². The number of fused-ring (bicyclic) bond motifs is 1. The maximum Gasteiger partial charge on any atom is 0.309 e. The Labute approximate surface area is 157 Å². The van der Waals surface area contributed by atoms with Crippen molar-refractivity contribution < 1.29 is 14.3 Å². The third kappa shape index (κ3) is 4.04. The van der Waals surface area contributed by atoms with Gasteiger partial charge in [0.1, 0.15) is 0 Å². The quantitative estimate of drug-likeness (QED) is 0.816. The smallest absolute Gasteiger partial charge is 0.309 e. The molecule has 1 amide bonds. The molecule has 6 nitrogen and oxygen atoms in total. The lowest BCUT2D eigenvalue weighted by Crippen LogP contribution is -2.24. The maximum absolute atomic E-state index is 12.4. The van der Waals surface area contributed by atoms with Crippen LogP contribution in [-0.4, -0.2) is 37.6 Å². The second-order valence-electron chi connectivity index (χ2n) is 6.48. The van der Waals surface area contributed by atoms with Crippen LogP contribution >= 0.6 is 11.3 Å². The summed E-state index contributed by atoms with van der Waals surface area (Å²) in [7, 11) is 3.91. The normalized spacial score (nSPS) is 15.9. The highest BCUT2D eigenvalue weighted by Crippen LogP contribution is 2.33. The van der Waals surface area contributed by atoms with Crippen molar-refractivity contribution >= 4 is 34.0 Å². The van der Waals surface area contributed by atoms with Gasteiger partial charge in [0.05, 0.1) is 18.2 Å². The number of thiazole rings is 1. The molecule has 0 aliphatic heterocycles. The lowest BCUT2D eigenvalue weighted by Gasteiger charge is -2.18. The van der Waals surface area contributed by atoms with Gasteiger partial charge >= 0.3 is 5.97 Å².